The van der Waals surface area contributed by atoms with Crippen molar-refractivity contribution in [3.63, 3.8) is 0 Å². The number of nitrogens with one attached hydrogen (secondary N) is 1. The van der Waals surface area contributed by atoms with Gasteiger partial charge in [-0.15, -0.1) is 0 Å². The lowest BCUT2D eigenvalue weighted by Gasteiger charge is -2.27. The summed E-state index contributed by atoms with van der Waals surface area (Å²) in [6.07, 6.45) is 5.81. The first-order valence-electron chi connectivity index (χ1n) is 9.40. The highest BCUT2D eigenvalue weighted by molar-refractivity contribution is 5.78. The maximum atomic E-state index is 13.3. The van der Waals surface area contributed by atoms with Crippen molar-refractivity contribution in [2.45, 2.75) is 25.8 Å². The van der Waals surface area contributed by atoms with E-state index in [-0.39, 0.29) is 17.3 Å². The number of carbonyl (C=O) groups is 1. The Balaban J connectivity index is 1.72. The molecule has 1 N–H and O–H groups in total. The molecule has 0 aliphatic carbocycles. The molecule has 0 spiro atoms. The number of piperidine rings is 1. The molecule has 1 amide bonds. The maximum absolute atomic E-state index is 13.3. The molecule has 1 aromatic carbocycles. The average Bonchev–Trinajstić information content (AvgIpc) is 3.12. The molecule has 0 unspecified atom stereocenters. The highest BCUT2D eigenvalue weighted by Crippen LogP contribution is 2.29. The lowest BCUT2D eigenvalue weighted by Crippen LogP contribution is -2.37. The van der Waals surface area contributed by atoms with Crippen LogP contribution in [0.2, 0.25) is 0 Å². The number of H-pyrrole nitrogens is 1. The fourth-order valence-corrected chi connectivity index (χ4v) is 3.59. The lowest BCUT2D eigenvalue weighted by atomic mass is 10.1. The van der Waals surface area contributed by atoms with Crippen LogP contribution in [0.3, 0.4) is 0 Å². The largest absolute Gasteiger partial charge is 0.341 e. The molecule has 1 fully saturated rings. The SMILES string of the molecule is O=C1CCCCN1CCn1cnc(-c2ccc(F)cc2)c1-c1ccc[nH]c1=O. The molecular weight excluding hydrogens is 359 g/mol. The summed E-state index contributed by atoms with van der Waals surface area (Å²) in [5.74, 6) is -0.157. The standard InChI is InChI=1S/C21H21FN4O2/c22-16-8-6-15(7-9-16)19-20(17-4-3-10-23-21(17)28)26(14-24-19)13-12-25-11-2-1-5-18(25)27/h3-4,6-10,14H,1-2,5,11-13H2,(H,23,28). The second-order valence-corrected chi connectivity index (χ2v) is 6.89. The minimum Gasteiger partial charge on any atom is -0.341 e. The smallest absolute Gasteiger partial charge is 0.257 e. The van der Waals surface area contributed by atoms with Crippen LogP contribution in [0.25, 0.3) is 22.5 Å². The van der Waals surface area contributed by atoms with Crippen LogP contribution in [0.1, 0.15) is 19.3 Å². The average molecular weight is 380 g/mol. The van der Waals surface area contributed by atoms with Gasteiger partial charge in [0.1, 0.15) is 5.82 Å². The summed E-state index contributed by atoms with van der Waals surface area (Å²) in [4.78, 5) is 33.6. The van der Waals surface area contributed by atoms with Crippen molar-refractivity contribution in [2.75, 3.05) is 13.1 Å². The summed E-state index contributed by atoms with van der Waals surface area (Å²) >= 11 is 0. The molecule has 1 saturated heterocycles. The predicted octanol–water partition coefficient (Wildman–Crippen LogP) is 3.06. The summed E-state index contributed by atoms with van der Waals surface area (Å²) in [5, 5.41) is 0. The Morgan fingerprint density at radius 2 is 1.89 bits per heavy atom. The summed E-state index contributed by atoms with van der Waals surface area (Å²) in [5.41, 5.74) is 2.28. The second-order valence-electron chi connectivity index (χ2n) is 6.89. The molecule has 4 rings (SSSR count). The maximum Gasteiger partial charge on any atom is 0.257 e. The van der Waals surface area contributed by atoms with E-state index in [1.54, 1.807) is 36.8 Å². The van der Waals surface area contributed by atoms with Crippen molar-refractivity contribution in [3.05, 3.63) is 65.1 Å². The number of aromatic nitrogens is 3. The fourth-order valence-electron chi connectivity index (χ4n) is 3.59. The third-order valence-electron chi connectivity index (χ3n) is 5.06. The number of aromatic amines is 1. The molecule has 0 atom stereocenters. The number of likely N-dealkylation sites (tertiary alicyclic amines) is 1. The Bertz CT molecular complexity index is 1040. The molecule has 7 heteroatoms. The minimum atomic E-state index is -0.328. The molecule has 6 nitrogen and oxygen atoms in total. The number of hydrogen-bond acceptors (Lipinski definition) is 3. The third kappa shape index (κ3) is 3.60. The van der Waals surface area contributed by atoms with E-state index in [4.69, 9.17) is 0 Å². The van der Waals surface area contributed by atoms with Gasteiger partial charge in [0, 0.05) is 37.8 Å². The minimum absolute atomic E-state index is 0.171. The number of amides is 1. The van der Waals surface area contributed by atoms with Crippen molar-refractivity contribution >= 4 is 5.91 Å². The molecular formula is C21H21FN4O2. The van der Waals surface area contributed by atoms with E-state index in [1.165, 1.54) is 12.1 Å². The van der Waals surface area contributed by atoms with Gasteiger partial charge in [-0.05, 0) is 49.2 Å². The van der Waals surface area contributed by atoms with Crippen LogP contribution in [0.4, 0.5) is 4.39 Å². The fraction of sp³-hybridized carbons (Fsp3) is 0.286. The zero-order valence-corrected chi connectivity index (χ0v) is 15.4. The Morgan fingerprint density at radius 1 is 1.07 bits per heavy atom. The molecule has 0 radical (unpaired) electrons. The quantitative estimate of drug-likeness (QED) is 0.740. The van der Waals surface area contributed by atoms with Gasteiger partial charge in [0.15, 0.2) is 0 Å². The van der Waals surface area contributed by atoms with E-state index in [2.05, 4.69) is 9.97 Å². The summed E-state index contributed by atoms with van der Waals surface area (Å²) < 4.78 is 15.2. The van der Waals surface area contributed by atoms with Crippen molar-refractivity contribution in [1.82, 2.24) is 19.4 Å². The van der Waals surface area contributed by atoms with Crippen molar-refractivity contribution in [2.24, 2.45) is 0 Å². The number of nitrogens with zero attached hydrogens (tertiary/aromatic N) is 3. The second kappa shape index (κ2) is 7.80. The molecule has 1 aliphatic rings. The summed E-state index contributed by atoms with van der Waals surface area (Å²) in [7, 11) is 0. The first kappa shape index (κ1) is 18.2. The van der Waals surface area contributed by atoms with Gasteiger partial charge in [-0.2, -0.15) is 0 Å². The Hall–Kier alpha value is -3.22. The Labute approximate surface area is 161 Å². The van der Waals surface area contributed by atoms with E-state index in [0.717, 1.165) is 24.9 Å². The van der Waals surface area contributed by atoms with Crippen LogP contribution in [-0.4, -0.2) is 38.4 Å². The van der Waals surface area contributed by atoms with Gasteiger partial charge in [-0.1, -0.05) is 0 Å². The van der Waals surface area contributed by atoms with Gasteiger partial charge < -0.3 is 14.5 Å². The lowest BCUT2D eigenvalue weighted by molar-refractivity contribution is -0.133. The first-order chi connectivity index (χ1) is 13.6. The monoisotopic (exact) mass is 380 g/mol. The van der Waals surface area contributed by atoms with Crippen LogP contribution in [0.5, 0.6) is 0 Å². The number of pyridine rings is 1. The molecule has 28 heavy (non-hydrogen) atoms. The molecule has 144 valence electrons. The first-order valence-corrected chi connectivity index (χ1v) is 9.40. The van der Waals surface area contributed by atoms with Gasteiger partial charge >= 0.3 is 0 Å². The number of benzene rings is 1. The molecule has 2 aromatic heterocycles. The summed E-state index contributed by atoms with van der Waals surface area (Å²) in [6.45, 7) is 1.86. The van der Waals surface area contributed by atoms with Gasteiger partial charge in [0.05, 0.1) is 23.3 Å². The van der Waals surface area contributed by atoms with Crippen LogP contribution >= 0.6 is 0 Å². The highest BCUT2D eigenvalue weighted by Gasteiger charge is 2.21. The van der Waals surface area contributed by atoms with Crippen LogP contribution in [0.15, 0.2) is 53.7 Å². The topological polar surface area (TPSA) is 71.0 Å². The molecule has 1 aliphatic heterocycles. The molecule has 0 bridgehead atoms. The normalized spacial score (nSPS) is 14.5. The van der Waals surface area contributed by atoms with E-state index in [0.29, 0.717) is 36.5 Å². The zero-order valence-electron chi connectivity index (χ0n) is 15.4. The zero-order chi connectivity index (χ0) is 19.5. The van der Waals surface area contributed by atoms with Gasteiger partial charge in [-0.25, -0.2) is 9.37 Å². The van der Waals surface area contributed by atoms with Crippen molar-refractivity contribution < 1.29 is 9.18 Å². The van der Waals surface area contributed by atoms with Gasteiger partial charge in [0.25, 0.3) is 5.56 Å². The number of halogens is 1. The Kier molecular flexibility index (Phi) is 5.06. The number of imidazole rings is 1. The number of carbonyl (C=O) groups excluding carboxylic acids is 1. The highest BCUT2D eigenvalue weighted by atomic mass is 19.1. The third-order valence-corrected chi connectivity index (χ3v) is 5.06. The predicted molar refractivity (Wildman–Crippen MR) is 104 cm³/mol. The summed E-state index contributed by atoms with van der Waals surface area (Å²) in [6, 6.07) is 9.55. The van der Waals surface area contributed by atoms with Crippen LogP contribution in [-0.2, 0) is 11.3 Å². The molecule has 0 saturated carbocycles. The Morgan fingerprint density at radius 3 is 2.64 bits per heavy atom. The van der Waals surface area contributed by atoms with E-state index in [1.807, 2.05) is 9.47 Å². The van der Waals surface area contributed by atoms with E-state index >= 15 is 0 Å². The van der Waals surface area contributed by atoms with Gasteiger partial charge in [-0.3, -0.25) is 9.59 Å². The number of rotatable bonds is 5. The van der Waals surface area contributed by atoms with E-state index < -0.39 is 0 Å². The van der Waals surface area contributed by atoms with Gasteiger partial charge in [0.2, 0.25) is 5.91 Å². The number of hydrogen-bond donors (Lipinski definition) is 1. The van der Waals surface area contributed by atoms with Crippen LogP contribution in [0, 0.1) is 5.82 Å². The van der Waals surface area contributed by atoms with Crippen molar-refractivity contribution in [3.8, 4) is 22.5 Å². The molecule has 3 heterocycles. The van der Waals surface area contributed by atoms with Crippen LogP contribution < -0.4 is 5.56 Å². The van der Waals surface area contributed by atoms with Crippen molar-refractivity contribution in [1.29, 1.82) is 0 Å². The molecule has 3 aromatic rings. The van der Waals surface area contributed by atoms with E-state index in [9.17, 15) is 14.0 Å².